The molecule has 144 valence electrons. The lowest BCUT2D eigenvalue weighted by Crippen LogP contribution is -2.09. The molecule has 0 atom stereocenters. The van der Waals surface area contributed by atoms with Crippen LogP contribution in [-0.2, 0) is 19.1 Å². The highest BCUT2D eigenvalue weighted by Gasteiger charge is 2.08. The van der Waals surface area contributed by atoms with Crippen molar-refractivity contribution in [1.29, 1.82) is 0 Å². The quantitative estimate of drug-likeness (QED) is 0.424. The Morgan fingerprint density at radius 1 is 0.607 bits per heavy atom. The fourth-order valence-corrected chi connectivity index (χ4v) is 1.99. The summed E-state index contributed by atoms with van der Waals surface area (Å²) in [5.74, 6) is -2.25. The molecule has 0 spiro atoms. The van der Waals surface area contributed by atoms with E-state index in [1.54, 1.807) is 0 Å². The average molecular weight is 384 g/mol. The van der Waals surface area contributed by atoms with E-state index < -0.39 is 23.9 Å². The standard InChI is InChI=1S/C20H16O8/c1-25-19(23)13-3-7-15(8-4-13)27-17(21)11-12-18(22)28-16-9-5-14(6-10-16)20(24)26-2/h3-12H,1-2H3/b12-11+. The number of rotatable bonds is 6. The van der Waals surface area contributed by atoms with Gasteiger partial charge in [-0.05, 0) is 48.5 Å². The van der Waals surface area contributed by atoms with Crippen molar-refractivity contribution in [3.05, 3.63) is 71.8 Å². The van der Waals surface area contributed by atoms with Gasteiger partial charge in [-0.3, -0.25) is 0 Å². The summed E-state index contributed by atoms with van der Waals surface area (Å²) in [5.41, 5.74) is 0.610. The van der Waals surface area contributed by atoms with Crippen molar-refractivity contribution >= 4 is 23.9 Å². The molecule has 0 aliphatic carbocycles. The summed E-state index contributed by atoms with van der Waals surface area (Å²) in [6.45, 7) is 0. The van der Waals surface area contributed by atoms with Crippen molar-refractivity contribution in [2.24, 2.45) is 0 Å². The van der Waals surface area contributed by atoms with Crippen LogP contribution in [0.1, 0.15) is 20.7 Å². The molecule has 0 heterocycles. The Balaban J connectivity index is 1.88. The lowest BCUT2D eigenvalue weighted by atomic mass is 10.2. The summed E-state index contributed by atoms with van der Waals surface area (Å²) in [5, 5.41) is 0. The maximum absolute atomic E-state index is 11.7. The Morgan fingerprint density at radius 2 is 0.929 bits per heavy atom. The van der Waals surface area contributed by atoms with Gasteiger partial charge in [0, 0.05) is 12.2 Å². The van der Waals surface area contributed by atoms with Gasteiger partial charge in [-0.1, -0.05) is 0 Å². The molecular formula is C20H16O8. The molecule has 0 unspecified atom stereocenters. The maximum Gasteiger partial charge on any atom is 0.337 e. The number of hydrogen-bond donors (Lipinski definition) is 0. The third-order valence-electron chi connectivity index (χ3n) is 3.34. The Bertz CT molecular complexity index is 819. The van der Waals surface area contributed by atoms with Crippen LogP contribution < -0.4 is 9.47 Å². The first-order valence-electron chi connectivity index (χ1n) is 7.91. The van der Waals surface area contributed by atoms with Crippen molar-refractivity contribution in [3.63, 3.8) is 0 Å². The summed E-state index contributed by atoms with van der Waals surface area (Å²) < 4.78 is 19.1. The zero-order chi connectivity index (χ0) is 20.5. The highest BCUT2D eigenvalue weighted by molar-refractivity contribution is 5.94. The van der Waals surface area contributed by atoms with Crippen molar-refractivity contribution in [3.8, 4) is 11.5 Å². The minimum Gasteiger partial charge on any atom is -0.465 e. The van der Waals surface area contributed by atoms with Crippen LogP contribution in [0.25, 0.3) is 0 Å². The molecule has 0 fully saturated rings. The first-order valence-corrected chi connectivity index (χ1v) is 7.91. The zero-order valence-corrected chi connectivity index (χ0v) is 15.0. The van der Waals surface area contributed by atoms with Crippen LogP contribution in [0, 0.1) is 0 Å². The molecule has 2 aromatic carbocycles. The van der Waals surface area contributed by atoms with E-state index in [0.29, 0.717) is 11.1 Å². The SMILES string of the molecule is COC(=O)c1ccc(OC(=O)/C=C/C(=O)Oc2ccc(C(=O)OC)cc2)cc1. The Morgan fingerprint density at radius 3 is 1.21 bits per heavy atom. The third kappa shape index (κ3) is 5.80. The smallest absolute Gasteiger partial charge is 0.337 e. The molecule has 2 aromatic rings. The van der Waals surface area contributed by atoms with Crippen molar-refractivity contribution in [2.75, 3.05) is 14.2 Å². The lowest BCUT2D eigenvalue weighted by Gasteiger charge is -2.04. The third-order valence-corrected chi connectivity index (χ3v) is 3.34. The van der Waals surface area contributed by atoms with Gasteiger partial charge in [-0.15, -0.1) is 0 Å². The fourth-order valence-electron chi connectivity index (χ4n) is 1.99. The van der Waals surface area contributed by atoms with Gasteiger partial charge in [-0.2, -0.15) is 0 Å². The lowest BCUT2D eigenvalue weighted by molar-refractivity contribution is -0.131. The van der Waals surface area contributed by atoms with Gasteiger partial charge in [-0.25, -0.2) is 19.2 Å². The first kappa shape index (κ1) is 20.4. The van der Waals surface area contributed by atoms with E-state index in [-0.39, 0.29) is 11.5 Å². The molecule has 0 aliphatic rings. The molecule has 0 aliphatic heterocycles. The second-order valence-electron chi connectivity index (χ2n) is 5.21. The normalized spacial score (nSPS) is 10.2. The van der Waals surface area contributed by atoms with Gasteiger partial charge in [0.1, 0.15) is 11.5 Å². The van der Waals surface area contributed by atoms with E-state index >= 15 is 0 Å². The summed E-state index contributed by atoms with van der Waals surface area (Å²) in [4.78, 5) is 46.1. The van der Waals surface area contributed by atoms with E-state index in [1.165, 1.54) is 62.8 Å². The molecule has 0 bridgehead atoms. The molecule has 0 saturated carbocycles. The minimum absolute atomic E-state index is 0.189. The van der Waals surface area contributed by atoms with Crippen LogP contribution >= 0.6 is 0 Å². The van der Waals surface area contributed by atoms with E-state index in [1.807, 2.05) is 0 Å². The number of methoxy groups -OCH3 is 2. The molecule has 0 radical (unpaired) electrons. The average Bonchev–Trinajstić information content (AvgIpc) is 2.72. The minimum atomic E-state index is -0.802. The number of ether oxygens (including phenoxy) is 4. The Kier molecular flexibility index (Phi) is 7.04. The van der Waals surface area contributed by atoms with E-state index in [2.05, 4.69) is 9.47 Å². The second-order valence-corrected chi connectivity index (χ2v) is 5.21. The summed E-state index contributed by atoms with van der Waals surface area (Å²) in [6, 6.07) is 11.4. The van der Waals surface area contributed by atoms with Crippen LogP contribution in [0.15, 0.2) is 60.7 Å². The molecule has 0 amide bonds. The number of carbonyl (C=O) groups is 4. The second kappa shape index (κ2) is 9.67. The molecule has 0 N–H and O–H groups in total. The molecule has 2 rings (SSSR count). The predicted molar refractivity (Wildman–Crippen MR) is 96.0 cm³/mol. The zero-order valence-electron chi connectivity index (χ0n) is 15.0. The number of benzene rings is 2. The maximum atomic E-state index is 11.7. The van der Waals surface area contributed by atoms with Crippen LogP contribution in [0.4, 0.5) is 0 Å². The largest absolute Gasteiger partial charge is 0.465 e. The summed E-state index contributed by atoms with van der Waals surface area (Å²) >= 11 is 0. The molecule has 0 aromatic heterocycles. The topological polar surface area (TPSA) is 105 Å². The predicted octanol–water partition coefficient (Wildman–Crippen LogP) is 2.33. The first-order chi connectivity index (χ1) is 13.4. The molecule has 0 saturated heterocycles. The summed E-state index contributed by atoms with van der Waals surface area (Å²) in [6.07, 6.45) is 1.80. The van der Waals surface area contributed by atoms with Crippen molar-refractivity contribution in [2.45, 2.75) is 0 Å². The number of carbonyl (C=O) groups excluding carboxylic acids is 4. The van der Waals surface area contributed by atoms with E-state index in [4.69, 9.17) is 9.47 Å². The summed E-state index contributed by atoms with van der Waals surface area (Å²) in [7, 11) is 2.52. The van der Waals surface area contributed by atoms with Gasteiger partial charge in [0.25, 0.3) is 0 Å². The highest BCUT2D eigenvalue weighted by atomic mass is 16.5. The number of esters is 4. The molecule has 8 heteroatoms. The Hall–Kier alpha value is -3.94. The molecule has 28 heavy (non-hydrogen) atoms. The number of hydrogen-bond acceptors (Lipinski definition) is 8. The van der Waals surface area contributed by atoms with E-state index in [9.17, 15) is 19.2 Å². The van der Waals surface area contributed by atoms with Gasteiger partial charge in [0.2, 0.25) is 0 Å². The molecular weight excluding hydrogens is 368 g/mol. The van der Waals surface area contributed by atoms with E-state index in [0.717, 1.165) is 12.2 Å². The Labute approximate surface area is 160 Å². The van der Waals surface area contributed by atoms with Crippen LogP contribution in [0.5, 0.6) is 11.5 Å². The molecule has 8 nitrogen and oxygen atoms in total. The monoisotopic (exact) mass is 384 g/mol. The van der Waals surface area contributed by atoms with Crippen molar-refractivity contribution < 1.29 is 38.1 Å². The van der Waals surface area contributed by atoms with Gasteiger partial charge in [0.15, 0.2) is 0 Å². The van der Waals surface area contributed by atoms with Crippen LogP contribution in [0.3, 0.4) is 0 Å². The van der Waals surface area contributed by atoms with Gasteiger partial charge >= 0.3 is 23.9 Å². The van der Waals surface area contributed by atoms with Gasteiger partial charge < -0.3 is 18.9 Å². The van der Waals surface area contributed by atoms with Crippen molar-refractivity contribution in [1.82, 2.24) is 0 Å². The fraction of sp³-hybridized carbons (Fsp3) is 0.100. The van der Waals surface area contributed by atoms with Gasteiger partial charge in [0.05, 0.1) is 25.3 Å². The highest BCUT2D eigenvalue weighted by Crippen LogP contribution is 2.14. The van der Waals surface area contributed by atoms with Crippen LogP contribution in [0.2, 0.25) is 0 Å². The van der Waals surface area contributed by atoms with Crippen LogP contribution in [-0.4, -0.2) is 38.1 Å².